The summed E-state index contributed by atoms with van der Waals surface area (Å²) in [6, 6.07) is 15.2. The van der Waals surface area contributed by atoms with Gasteiger partial charge in [-0.1, -0.05) is 36.4 Å². The first-order valence-corrected chi connectivity index (χ1v) is 8.16. The topological polar surface area (TPSA) is 34.1 Å². The summed E-state index contributed by atoms with van der Waals surface area (Å²) in [5.74, 6) is 1.78. The maximum absolute atomic E-state index is 10.9. The number of benzene rings is 2. The Kier molecular flexibility index (Phi) is 5.89. The van der Waals surface area contributed by atoms with Gasteiger partial charge in [-0.2, -0.15) is 0 Å². The molecule has 0 heterocycles. The van der Waals surface area contributed by atoms with E-state index in [2.05, 4.69) is 0 Å². The van der Waals surface area contributed by atoms with Crippen LogP contribution in [-0.2, 0) is 0 Å². The number of carbonyl (C=O) groups excluding carboxylic acids is 2. The average Bonchev–Trinajstić information content (AvgIpc) is 2.52. The fourth-order valence-corrected chi connectivity index (χ4v) is 3.74. The summed E-state index contributed by atoms with van der Waals surface area (Å²) in [7, 11) is 0. The van der Waals surface area contributed by atoms with E-state index in [1.807, 2.05) is 48.5 Å². The van der Waals surface area contributed by atoms with E-state index in [9.17, 15) is 9.59 Å². The molecule has 0 aliphatic carbocycles. The second kappa shape index (κ2) is 7.92. The average molecular weight is 302 g/mol. The smallest absolute Gasteiger partial charge is 0.151 e. The van der Waals surface area contributed by atoms with Crippen molar-refractivity contribution in [1.82, 2.24) is 0 Å². The molecule has 2 nitrogen and oxygen atoms in total. The Morgan fingerprint density at radius 3 is 1.50 bits per heavy atom. The summed E-state index contributed by atoms with van der Waals surface area (Å²) in [5.41, 5.74) is 1.46. The van der Waals surface area contributed by atoms with Gasteiger partial charge in [-0.3, -0.25) is 9.59 Å². The van der Waals surface area contributed by atoms with Crippen LogP contribution in [0.1, 0.15) is 20.7 Å². The molecule has 2 aromatic carbocycles. The highest BCUT2D eigenvalue weighted by Crippen LogP contribution is 2.26. The predicted octanol–water partition coefficient (Wildman–Crippen LogP) is 4.20. The summed E-state index contributed by atoms with van der Waals surface area (Å²) in [4.78, 5) is 23.8. The Bertz CT molecular complexity index is 543. The van der Waals surface area contributed by atoms with E-state index in [0.29, 0.717) is 0 Å². The molecule has 102 valence electrons. The Balaban J connectivity index is 1.87. The molecule has 20 heavy (non-hydrogen) atoms. The normalized spacial score (nSPS) is 10.2. The molecule has 2 rings (SSSR count). The molecule has 0 atom stereocenters. The van der Waals surface area contributed by atoms with Crippen molar-refractivity contribution in [2.24, 2.45) is 0 Å². The van der Waals surface area contributed by atoms with Crippen LogP contribution in [0.3, 0.4) is 0 Å². The van der Waals surface area contributed by atoms with Gasteiger partial charge in [0.15, 0.2) is 12.6 Å². The van der Waals surface area contributed by atoms with E-state index < -0.39 is 0 Å². The molecule has 0 N–H and O–H groups in total. The van der Waals surface area contributed by atoms with Crippen molar-refractivity contribution in [1.29, 1.82) is 0 Å². The maximum atomic E-state index is 10.9. The van der Waals surface area contributed by atoms with Gasteiger partial charge in [-0.15, -0.1) is 23.5 Å². The summed E-state index contributed by atoms with van der Waals surface area (Å²) < 4.78 is 0. The SMILES string of the molecule is O=Cc1ccccc1SCCSc1ccccc1C=O. The van der Waals surface area contributed by atoms with Crippen LogP contribution in [0.25, 0.3) is 0 Å². The minimum Gasteiger partial charge on any atom is -0.298 e. The zero-order chi connectivity index (χ0) is 14.2. The van der Waals surface area contributed by atoms with Gasteiger partial charge in [0.25, 0.3) is 0 Å². The van der Waals surface area contributed by atoms with Crippen molar-refractivity contribution < 1.29 is 9.59 Å². The third-order valence-electron chi connectivity index (χ3n) is 2.69. The first kappa shape index (κ1) is 14.9. The molecule has 0 radical (unpaired) electrons. The van der Waals surface area contributed by atoms with Crippen LogP contribution in [0.4, 0.5) is 0 Å². The summed E-state index contributed by atoms with van der Waals surface area (Å²) in [6.45, 7) is 0. The second-order valence-electron chi connectivity index (χ2n) is 4.01. The standard InChI is InChI=1S/C16H14O2S2/c17-11-13-5-1-3-7-15(13)19-9-10-20-16-8-4-2-6-14(16)12-18/h1-8,11-12H,9-10H2. The lowest BCUT2D eigenvalue weighted by Gasteiger charge is -2.05. The van der Waals surface area contributed by atoms with E-state index in [-0.39, 0.29) is 0 Å². The van der Waals surface area contributed by atoms with Crippen molar-refractivity contribution in [3.63, 3.8) is 0 Å². The fraction of sp³-hybridized carbons (Fsp3) is 0.125. The van der Waals surface area contributed by atoms with Crippen LogP contribution in [0.15, 0.2) is 58.3 Å². The monoisotopic (exact) mass is 302 g/mol. The molecule has 0 spiro atoms. The molecule has 0 aliphatic heterocycles. The minimum absolute atomic E-state index is 0.732. The second-order valence-corrected chi connectivity index (χ2v) is 6.28. The molecule has 0 unspecified atom stereocenters. The molecular weight excluding hydrogens is 288 g/mol. The van der Waals surface area contributed by atoms with Gasteiger partial charge in [0.1, 0.15) is 0 Å². The van der Waals surface area contributed by atoms with Gasteiger partial charge in [0.2, 0.25) is 0 Å². The van der Waals surface area contributed by atoms with Gasteiger partial charge in [-0.05, 0) is 12.1 Å². The number of aldehydes is 2. The highest BCUT2D eigenvalue weighted by molar-refractivity contribution is 8.03. The molecule has 0 bridgehead atoms. The Morgan fingerprint density at radius 1 is 0.700 bits per heavy atom. The lowest BCUT2D eigenvalue weighted by molar-refractivity contribution is 0.111. The van der Waals surface area contributed by atoms with Crippen LogP contribution < -0.4 is 0 Å². The number of hydrogen-bond acceptors (Lipinski definition) is 4. The molecular formula is C16H14O2S2. The lowest BCUT2D eigenvalue weighted by Crippen LogP contribution is -1.90. The van der Waals surface area contributed by atoms with Crippen molar-refractivity contribution in [3.05, 3.63) is 59.7 Å². The zero-order valence-corrected chi connectivity index (χ0v) is 12.5. The number of rotatable bonds is 7. The van der Waals surface area contributed by atoms with Crippen LogP contribution in [0.2, 0.25) is 0 Å². The van der Waals surface area contributed by atoms with Crippen LogP contribution in [0.5, 0.6) is 0 Å². The van der Waals surface area contributed by atoms with Gasteiger partial charge < -0.3 is 0 Å². The third kappa shape index (κ3) is 3.99. The van der Waals surface area contributed by atoms with E-state index in [1.54, 1.807) is 23.5 Å². The molecule has 0 aromatic heterocycles. The van der Waals surface area contributed by atoms with Gasteiger partial charge >= 0.3 is 0 Å². The van der Waals surface area contributed by atoms with E-state index in [0.717, 1.165) is 45.0 Å². The first-order valence-electron chi connectivity index (χ1n) is 6.19. The van der Waals surface area contributed by atoms with E-state index in [1.165, 1.54) is 0 Å². The minimum atomic E-state index is 0.732. The van der Waals surface area contributed by atoms with Crippen LogP contribution >= 0.6 is 23.5 Å². The molecule has 0 fully saturated rings. The Morgan fingerprint density at radius 2 is 1.10 bits per heavy atom. The lowest BCUT2D eigenvalue weighted by atomic mass is 10.2. The van der Waals surface area contributed by atoms with E-state index >= 15 is 0 Å². The van der Waals surface area contributed by atoms with Crippen molar-refractivity contribution in [2.45, 2.75) is 9.79 Å². The van der Waals surface area contributed by atoms with Gasteiger partial charge in [0, 0.05) is 32.4 Å². The largest absolute Gasteiger partial charge is 0.298 e. The summed E-state index contributed by atoms with van der Waals surface area (Å²) in [6.07, 6.45) is 1.77. The maximum Gasteiger partial charge on any atom is 0.151 e. The van der Waals surface area contributed by atoms with Gasteiger partial charge in [-0.25, -0.2) is 0 Å². The molecule has 0 saturated heterocycles. The molecule has 0 saturated carbocycles. The van der Waals surface area contributed by atoms with Crippen molar-refractivity contribution >= 4 is 36.1 Å². The Hall–Kier alpha value is -1.52. The van der Waals surface area contributed by atoms with Crippen LogP contribution in [0, 0.1) is 0 Å². The highest BCUT2D eigenvalue weighted by Gasteiger charge is 2.03. The zero-order valence-electron chi connectivity index (χ0n) is 10.8. The number of hydrogen-bond donors (Lipinski definition) is 0. The van der Waals surface area contributed by atoms with Gasteiger partial charge in [0.05, 0.1) is 0 Å². The fourth-order valence-electron chi connectivity index (χ4n) is 1.72. The molecule has 0 amide bonds. The molecule has 2 aromatic rings. The quantitative estimate of drug-likeness (QED) is 0.436. The van der Waals surface area contributed by atoms with Crippen molar-refractivity contribution in [2.75, 3.05) is 11.5 Å². The van der Waals surface area contributed by atoms with Crippen molar-refractivity contribution in [3.8, 4) is 0 Å². The first-order chi connectivity index (χ1) is 9.85. The molecule has 4 heteroatoms. The predicted molar refractivity (Wildman–Crippen MR) is 85.1 cm³/mol. The molecule has 0 aliphatic rings. The summed E-state index contributed by atoms with van der Waals surface area (Å²) >= 11 is 3.33. The summed E-state index contributed by atoms with van der Waals surface area (Å²) in [5, 5.41) is 0. The highest BCUT2D eigenvalue weighted by atomic mass is 32.2. The Labute approximate surface area is 127 Å². The van der Waals surface area contributed by atoms with E-state index in [4.69, 9.17) is 0 Å². The third-order valence-corrected chi connectivity index (χ3v) is 5.13. The number of thioether (sulfide) groups is 2. The number of carbonyl (C=O) groups is 2. The van der Waals surface area contributed by atoms with Crippen LogP contribution in [-0.4, -0.2) is 24.1 Å².